The van der Waals surface area contributed by atoms with Crippen molar-refractivity contribution in [1.29, 1.82) is 0 Å². The molecule has 0 bridgehead atoms. The van der Waals surface area contributed by atoms with E-state index in [2.05, 4.69) is 24.0 Å². The van der Waals surface area contributed by atoms with Gasteiger partial charge in [-0.05, 0) is 43.1 Å². The van der Waals surface area contributed by atoms with Crippen LogP contribution in [0.3, 0.4) is 0 Å². The third-order valence-corrected chi connectivity index (χ3v) is 5.57. The van der Waals surface area contributed by atoms with Crippen LogP contribution in [0.1, 0.15) is 61.7 Å². The summed E-state index contributed by atoms with van der Waals surface area (Å²) in [6, 6.07) is 0. The molecule has 2 aliphatic carbocycles. The second kappa shape index (κ2) is 4.07. The van der Waals surface area contributed by atoms with Crippen molar-refractivity contribution in [1.82, 2.24) is 10.1 Å². The molecule has 2 heterocycles. The van der Waals surface area contributed by atoms with Crippen LogP contribution < -0.4 is 5.73 Å². The van der Waals surface area contributed by atoms with Gasteiger partial charge in [0.1, 0.15) is 0 Å². The van der Waals surface area contributed by atoms with Crippen molar-refractivity contribution in [3.63, 3.8) is 0 Å². The van der Waals surface area contributed by atoms with Gasteiger partial charge < -0.3 is 10.3 Å². The van der Waals surface area contributed by atoms with Crippen LogP contribution in [-0.2, 0) is 11.8 Å². The maximum atomic E-state index is 6.27. The maximum Gasteiger partial charge on any atom is 0.261 e. The molecule has 2 aromatic rings. The topological polar surface area (TPSA) is 64.9 Å². The second-order valence-electron chi connectivity index (χ2n) is 6.61. The fourth-order valence-electron chi connectivity index (χ4n) is 3.26. The normalized spacial score (nSPS) is 20.9. The first-order valence-electron chi connectivity index (χ1n) is 7.32. The number of fused-ring (bicyclic) bond motifs is 1. The minimum Gasteiger partial charge on any atom is -0.390 e. The highest BCUT2D eigenvalue weighted by atomic mass is 32.1. The Morgan fingerprint density at radius 2 is 2.15 bits per heavy atom. The smallest absolute Gasteiger partial charge is 0.261 e. The number of hydrogen-bond donors (Lipinski definition) is 1. The first-order valence-corrected chi connectivity index (χ1v) is 8.13. The van der Waals surface area contributed by atoms with Gasteiger partial charge in [0.05, 0.1) is 10.6 Å². The van der Waals surface area contributed by atoms with E-state index in [1.54, 1.807) is 11.3 Å². The molecular formula is C15H19N3OS. The van der Waals surface area contributed by atoms with Crippen molar-refractivity contribution < 1.29 is 4.52 Å². The van der Waals surface area contributed by atoms with Gasteiger partial charge in [-0.3, -0.25) is 0 Å². The lowest BCUT2D eigenvalue weighted by molar-refractivity contribution is 0.414. The number of rotatable bonds is 2. The van der Waals surface area contributed by atoms with E-state index in [0.29, 0.717) is 11.8 Å². The zero-order chi connectivity index (χ0) is 13.9. The van der Waals surface area contributed by atoms with Crippen molar-refractivity contribution in [2.75, 3.05) is 5.73 Å². The first-order chi connectivity index (χ1) is 9.56. The van der Waals surface area contributed by atoms with E-state index < -0.39 is 0 Å². The molecule has 2 aromatic heterocycles. The molecule has 2 N–H and O–H groups in total. The molecular weight excluding hydrogens is 270 g/mol. The lowest BCUT2D eigenvalue weighted by atomic mass is 9.74. The lowest BCUT2D eigenvalue weighted by Gasteiger charge is -2.30. The van der Waals surface area contributed by atoms with E-state index in [4.69, 9.17) is 10.3 Å². The zero-order valence-corrected chi connectivity index (χ0v) is 12.7. The largest absolute Gasteiger partial charge is 0.390 e. The monoisotopic (exact) mass is 289 g/mol. The van der Waals surface area contributed by atoms with E-state index >= 15 is 0 Å². The van der Waals surface area contributed by atoms with Gasteiger partial charge in [-0.25, -0.2) is 0 Å². The fourth-order valence-corrected chi connectivity index (χ4v) is 4.54. The van der Waals surface area contributed by atoms with Crippen LogP contribution in [0.5, 0.6) is 0 Å². The van der Waals surface area contributed by atoms with Gasteiger partial charge in [0.15, 0.2) is 5.82 Å². The summed E-state index contributed by atoms with van der Waals surface area (Å²) in [5.74, 6) is 1.99. The summed E-state index contributed by atoms with van der Waals surface area (Å²) in [6.45, 7) is 4.58. The Labute approximate surface area is 122 Å². The van der Waals surface area contributed by atoms with Crippen LogP contribution >= 0.6 is 11.3 Å². The number of thiophene rings is 1. The average molecular weight is 289 g/mol. The van der Waals surface area contributed by atoms with Crippen LogP contribution in [0.2, 0.25) is 0 Å². The van der Waals surface area contributed by atoms with E-state index in [9.17, 15) is 0 Å². The summed E-state index contributed by atoms with van der Waals surface area (Å²) >= 11 is 1.70. The van der Waals surface area contributed by atoms with Gasteiger partial charge >= 0.3 is 0 Å². The molecule has 1 fully saturated rings. The maximum absolute atomic E-state index is 6.27. The third kappa shape index (κ3) is 1.79. The summed E-state index contributed by atoms with van der Waals surface area (Å²) in [6.07, 6.45) is 5.91. The molecule has 0 amide bonds. The summed E-state index contributed by atoms with van der Waals surface area (Å²) in [4.78, 5) is 6.00. The molecule has 20 heavy (non-hydrogen) atoms. The Balaban J connectivity index is 1.86. The molecule has 4 nitrogen and oxygen atoms in total. The molecule has 0 atom stereocenters. The zero-order valence-electron chi connectivity index (χ0n) is 11.9. The lowest BCUT2D eigenvalue weighted by Crippen LogP contribution is -2.23. The summed E-state index contributed by atoms with van der Waals surface area (Å²) in [7, 11) is 0. The Kier molecular flexibility index (Phi) is 2.52. The van der Waals surface area contributed by atoms with Gasteiger partial charge in [0.25, 0.3) is 5.89 Å². The van der Waals surface area contributed by atoms with E-state index in [0.717, 1.165) is 22.8 Å². The molecule has 0 unspecified atom stereocenters. The van der Waals surface area contributed by atoms with Crippen molar-refractivity contribution in [3.05, 3.63) is 16.3 Å². The van der Waals surface area contributed by atoms with Gasteiger partial charge in [0, 0.05) is 10.8 Å². The Morgan fingerprint density at radius 1 is 1.35 bits per heavy atom. The third-order valence-electron chi connectivity index (χ3n) is 4.49. The second-order valence-corrected chi connectivity index (χ2v) is 7.75. The standard InChI is InChI=1S/C15H19N3OS/c1-15(2)7-3-4-9-11(15)10(12(16)20-9)14-17-13(18-19-14)8-5-6-8/h8H,3-7,16H2,1-2H3. The van der Waals surface area contributed by atoms with Crippen LogP contribution in [0.25, 0.3) is 11.5 Å². The summed E-state index contributed by atoms with van der Waals surface area (Å²) < 4.78 is 5.52. The molecule has 5 heteroatoms. The molecule has 106 valence electrons. The van der Waals surface area contributed by atoms with Crippen molar-refractivity contribution in [3.8, 4) is 11.5 Å². The van der Waals surface area contributed by atoms with E-state index in [1.165, 1.54) is 36.1 Å². The number of aryl methyl sites for hydroxylation is 1. The van der Waals surface area contributed by atoms with Gasteiger partial charge in [-0.2, -0.15) is 4.98 Å². The van der Waals surface area contributed by atoms with Crippen molar-refractivity contribution >= 4 is 16.3 Å². The van der Waals surface area contributed by atoms with Crippen molar-refractivity contribution in [2.24, 2.45) is 0 Å². The van der Waals surface area contributed by atoms with Crippen LogP contribution in [0.4, 0.5) is 5.00 Å². The summed E-state index contributed by atoms with van der Waals surface area (Å²) in [5, 5.41) is 4.96. The molecule has 1 saturated carbocycles. The minimum absolute atomic E-state index is 0.144. The average Bonchev–Trinajstić information content (AvgIpc) is 3.01. The molecule has 0 spiro atoms. The number of anilines is 1. The highest BCUT2D eigenvalue weighted by Gasteiger charge is 2.36. The van der Waals surface area contributed by atoms with E-state index in [1.807, 2.05) is 0 Å². The van der Waals surface area contributed by atoms with Gasteiger partial charge in [-0.15, -0.1) is 11.3 Å². The number of nitrogens with zero attached hydrogens (tertiary/aromatic N) is 2. The number of nitrogens with two attached hydrogens (primary N) is 1. The highest BCUT2D eigenvalue weighted by Crippen LogP contribution is 2.49. The number of hydrogen-bond acceptors (Lipinski definition) is 5. The Hall–Kier alpha value is -1.36. The van der Waals surface area contributed by atoms with Gasteiger partial charge in [-0.1, -0.05) is 19.0 Å². The number of aromatic nitrogens is 2. The van der Waals surface area contributed by atoms with Crippen LogP contribution in [0, 0.1) is 0 Å². The first kappa shape index (κ1) is 12.4. The molecule has 2 aliphatic rings. The quantitative estimate of drug-likeness (QED) is 0.911. The molecule has 0 aromatic carbocycles. The van der Waals surface area contributed by atoms with Gasteiger partial charge in [0.2, 0.25) is 0 Å². The van der Waals surface area contributed by atoms with Crippen molar-refractivity contribution in [2.45, 2.75) is 57.3 Å². The van der Waals surface area contributed by atoms with Crippen LogP contribution in [0.15, 0.2) is 4.52 Å². The van der Waals surface area contributed by atoms with Crippen LogP contribution in [-0.4, -0.2) is 10.1 Å². The minimum atomic E-state index is 0.144. The number of nitrogen functional groups attached to an aromatic ring is 1. The summed E-state index contributed by atoms with van der Waals surface area (Å²) in [5.41, 5.74) is 8.76. The molecule has 4 rings (SSSR count). The fraction of sp³-hybridized carbons (Fsp3) is 0.600. The molecule has 0 radical (unpaired) electrons. The predicted molar refractivity (Wildman–Crippen MR) is 80.0 cm³/mol. The molecule has 0 aliphatic heterocycles. The Morgan fingerprint density at radius 3 is 2.90 bits per heavy atom. The van der Waals surface area contributed by atoms with E-state index in [-0.39, 0.29) is 5.41 Å². The molecule has 0 saturated heterocycles. The SMILES string of the molecule is CC1(C)CCCc2sc(N)c(-c3nc(C4CC4)no3)c21. The Bertz CT molecular complexity index is 667. The highest BCUT2D eigenvalue weighted by molar-refractivity contribution is 7.16. The predicted octanol–water partition coefficient (Wildman–Crippen LogP) is 3.87.